The molecule has 0 heterocycles. The largest absolute Gasteiger partial charge is 0.478 e. The summed E-state index contributed by atoms with van der Waals surface area (Å²) < 4.78 is 31.6. The molecule has 0 fully saturated rings. The van der Waals surface area contributed by atoms with Gasteiger partial charge in [-0.2, -0.15) is 8.42 Å². The van der Waals surface area contributed by atoms with E-state index in [0.717, 1.165) is 6.08 Å². The second-order valence-electron chi connectivity index (χ2n) is 0.990. The zero-order valence-electron chi connectivity index (χ0n) is 5.47. The van der Waals surface area contributed by atoms with Gasteiger partial charge >= 0.3 is 16.4 Å². The Hall–Kier alpha value is -0.960. The maximum Gasteiger partial charge on any atom is 0.394 e. The van der Waals surface area contributed by atoms with Crippen LogP contribution in [0.3, 0.4) is 0 Å². The molecule has 0 saturated heterocycles. The standard InChI is InChI=1S/C3H4O2.H3N.H2O4S/c1-2-3(4)5;;1-5(2,3)4/h2H,1H2,(H,4,5);1H3;(H2,1,2,3,4). The Kier molecular flexibility index (Phi) is 10.8. The van der Waals surface area contributed by atoms with Crippen LogP contribution < -0.4 is 6.15 Å². The van der Waals surface area contributed by atoms with Crippen LogP contribution >= 0.6 is 0 Å². The quantitative estimate of drug-likeness (QED) is 0.327. The minimum absolute atomic E-state index is 0. The smallest absolute Gasteiger partial charge is 0.394 e. The monoisotopic (exact) mass is 187 g/mol. The molecule has 0 aliphatic heterocycles. The molecule has 0 aliphatic rings. The Bertz CT molecular complexity index is 198. The van der Waals surface area contributed by atoms with Gasteiger partial charge in [-0.15, -0.1) is 0 Å². The van der Waals surface area contributed by atoms with Crippen molar-refractivity contribution < 1.29 is 27.4 Å². The lowest BCUT2D eigenvalue weighted by molar-refractivity contribution is -0.131. The normalized spacial score (nSPS) is 8.18. The molecule has 0 aromatic rings. The van der Waals surface area contributed by atoms with Gasteiger partial charge in [0.1, 0.15) is 0 Å². The predicted molar refractivity (Wildman–Crippen MR) is 37.0 cm³/mol. The minimum atomic E-state index is -4.67. The van der Waals surface area contributed by atoms with Gasteiger partial charge in [-0.1, -0.05) is 6.58 Å². The Morgan fingerprint density at radius 3 is 1.45 bits per heavy atom. The molecule has 68 valence electrons. The number of carbonyl (C=O) groups is 1. The SMILES string of the molecule is C=CC(=O)O.N.O=S(=O)(O)O. The van der Waals surface area contributed by atoms with E-state index in [1.54, 1.807) is 0 Å². The van der Waals surface area contributed by atoms with E-state index < -0.39 is 16.4 Å². The van der Waals surface area contributed by atoms with E-state index in [0.29, 0.717) is 0 Å². The molecule has 0 aliphatic carbocycles. The van der Waals surface area contributed by atoms with Gasteiger partial charge in [-0.25, -0.2) is 4.79 Å². The molecule has 6 N–H and O–H groups in total. The minimum Gasteiger partial charge on any atom is -0.478 e. The topological polar surface area (TPSA) is 147 Å². The lowest BCUT2D eigenvalue weighted by Gasteiger charge is -1.68. The molecule has 0 aromatic carbocycles. The van der Waals surface area contributed by atoms with Gasteiger partial charge in [0.25, 0.3) is 0 Å². The van der Waals surface area contributed by atoms with E-state index in [2.05, 4.69) is 6.58 Å². The third-order valence-electron chi connectivity index (χ3n) is 0.175. The molecule has 0 atom stereocenters. The highest BCUT2D eigenvalue weighted by Crippen LogP contribution is 1.59. The first-order chi connectivity index (χ1) is 4.27. The van der Waals surface area contributed by atoms with Gasteiger partial charge in [0.15, 0.2) is 0 Å². The summed E-state index contributed by atoms with van der Waals surface area (Å²) in [6.45, 7) is 2.96. The summed E-state index contributed by atoms with van der Waals surface area (Å²) in [5.41, 5.74) is 0. The van der Waals surface area contributed by atoms with Crippen molar-refractivity contribution in [1.29, 1.82) is 0 Å². The molecule has 8 heteroatoms. The van der Waals surface area contributed by atoms with E-state index in [9.17, 15) is 4.79 Å². The van der Waals surface area contributed by atoms with Crippen molar-refractivity contribution in [2.24, 2.45) is 0 Å². The molecule has 0 rings (SSSR count). The first kappa shape index (κ1) is 16.6. The average molecular weight is 187 g/mol. The molecule has 0 radical (unpaired) electrons. The number of carboxylic acid groups (broad SMARTS) is 1. The first-order valence-electron chi connectivity index (χ1n) is 1.82. The van der Waals surface area contributed by atoms with Gasteiger partial charge in [-0.3, -0.25) is 9.11 Å². The van der Waals surface area contributed by atoms with Gasteiger partial charge in [-0.05, 0) is 0 Å². The highest BCUT2D eigenvalue weighted by atomic mass is 32.3. The highest BCUT2D eigenvalue weighted by molar-refractivity contribution is 7.79. The fourth-order valence-corrected chi connectivity index (χ4v) is 0. The van der Waals surface area contributed by atoms with E-state index in [1.165, 1.54) is 0 Å². The third kappa shape index (κ3) is 414. The molecule has 0 unspecified atom stereocenters. The van der Waals surface area contributed by atoms with Gasteiger partial charge in [0, 0.05) is 6.08 Å². The van der Waals surface area contributed by atoms with Gasteiger partial charge < -0.3 is 11.3 Å². The molecule has 0 saturated carbocycles. The van der Waals surface area contributed by atoms with Gasteiger partial charge in [0.2, 0.25) is 0 Å². The summed E-state index contributed by atoms with van der Waals surface area (Å²) in [5.74, 6) is -0.981. The Balaban J connectivity index is -0.000000107. The second-order valence-corrected chi connectivity index (χ2v) is 1.89. The zero-order chi connectivity index (χ0) is 8.78. The molecule has 7 nitrogen and oxygen atoms in total. The second kappa shape index (κ2) is 7.15. The third-order valence-corrected chi connectivity index (χ3v) is 0.175. The number of carboxylic acids is 1. The van der Waals surface area contributed by atoms with Crippen LogP contribution in [-0.4, -0.2) is 28.6 Å². The highest BCUT2D eigenvalue weighted by Gasteiger charge is 1.84. The molecular formula is C3H9NO6S. The van der Waals surface area contributed by atoms with Crippen LogP contribution in [0.5, 0.6) is 0 Å². The van der Waals surface area contributed by atoms with Crippen LogP contribution in [-0.2, 0) is 15.2 Å². The Labute approximate surface area is 63.5 Å². The average Bonchev–Trinajstić information content (AvgIpc) is 1.61. The lowest BCUT2D eigenvalue weighted by atomic mass is 10.7. The summed E-state index contributed by atoms with van der Waals surface area (Å²) in [4.78, 5) is 9.25. The van der Waals surface area contributed by atoms with Crippen LogP contribution in [0.1, 0.15) is 0 Å². The maximum atomic E-state index is 9.25. The molecule has 0 bridgehead atoms. The van der Waals surface area contributed by atoms with Crippen LogP contribution in [0.15, 0.2) is 12.7 Å². The van der Waals surface area contributed by atoms with Crippen molar-refractivity contribution in [2.75, 3.05) is 0 Å². The van der Waals surface area contributed by atoms with Crippen molar-refractivity contribution in [3.8, 4) is 0 Å². The summed E-state index contributed by atoms with van der Waals surface area (Å²) >= 11 is 0. The summed E-state index contributed by atoms with van der Waals surface area (Å²) in [5, 5.41) is 7.60. The van der Waals surface area contributed by atoms with Crippen LogP contribution in [0.25, 0.3) is 0 Å². The summed E-state index contributed by atoms with van der Waals surface area (Å²) in [6, 6.07) is 0. The maximum absolute atomic E-state index is 9.25. The summed E-state index contributed by atoms with van der Waals surface area (Å²) in [6.07, 6.45) is 0.833. The van der Waals surface area contributed by atoms with E-state index >= 15 is 0 Å². The number of rotatable bonds is 1. The fraction of sp³-hybridized carbons (Fsp3) is 0. The molecular weight excluding hydrogens is 178 g/mol. The van der Waals surface area contributed by atoms with Crippen molar-refractivity contribution in [3.63, 3.8) is 0 Å². The van der Waals surface area contributed by atoms with Crippen LogP contribution in [0.4, 0.5) is 0 Å². The number of hydrogen-bond donors (Lipinski definition) is 4. The van der Waals surface area contributed by atoms with Crippen molar-refractivity contribution in [1.82, 2.24) is 6.15 Å². The molecule has 0 aromatic heterocycles. The lowest BCUT2D eigenvalue weighted by Crippen LogP contribution is -1.89. The zero-order valence-corrected chi connectivity index (χ0v) is 6.28. The van der Waals surface area contributed by atoms with Crippen molar-refractivity contribution in [2.45, 2.75) is 0 Å². The van der Waals surface area contributed by atoms with Crippen molar-refractivity contribution in [3.05, 3.63) is 12.7 Å². The van der Waals surface area contributed by atoms with E-state index in [4.69, 9.17) is 22.6 Å². The van der Waals surface area contributed by atoms with E-state index in [1.807, 2.05) is 0 Å². The van der Waals surface area contributed by atoms with Crippen LogP contribution in [0.2, 0.25) is 0 Å². The summed E-state index contributed by atoms with van der Waals surface area (Å²) in [7, 11) is -4.67. The predicted octanol–water partition coefficient (Wildman–Crippen LogP) is -0.234. The van der Waals surface area contributed by atoms with Crippen molar-refractivity contribution >= 4 is 16.4 Å². The Morgan fingerprint density at radius 2 is 1.45 bits per heavy atom. The number of aliphatic carboxylic acids is 1. The van der Waals surface area contributed by atoms with E-state index in [-0.39, 0.29) is 6.15 Å². The molecule has 0 amide bonds. The molecule has 0 spiro atoms. The fourth-order valence-electron chi connectivity index (χ4n) is 0. The Morgan fingerprint density at radius 1 is 1.36 bits per heavy atom. The van der Waals surface area contributed by atoms with Gasteiger partial charge in [0.05, 0.1) is 0 Å². The molecule has 11 heavy (non-hydrogen) atoms. The van der Waals surface area contributed by atoms with Crippen LogP contribution in [0, 0.1) is 0 Å². The number of hydrogen-bond acceptors (Lipinski definition) is 4. The first-order valence-corrected chi connectivity index (χ1v) is 3.22.